The zero-order valence-electron chi connectivity index (χ0n) is 15.2. The van der Waals surface area contributed by atoms with Crippen LogP contribution < -0.4 is 0 Å². The van der Waals surface area contributed by atoms with Gasteiger partial charge in [-0.1, -0.05) is 0 Å². The van der Waals surface area contributed by atoms with E-state index >= 15 is 0 Å². The Morgan fingerprint density at radius 3 is 2.56 bits per heavy atom. The Labute approximate surface area is 149 Å². The third-order valence-electron chi connectivity index (χ3n) is 5.18. The molecule has 0 aromatic carbocycles. The van der Waals surface area contributed by atoms with E-state index in [4.69, 9.17) is 18.9 Å². The summed E-state index contributed by atoms with van der Waals surface area (Å²) in [6.45, 7) is 3.97. The van der Waals surface area contributed by atoms with Crippen LogP contribution in [-0.4, -0.2) is 55.9 Å². The molecule has 25 heavy (non-hydrogen) atoms. The van der Waals surface area contributed by atoms with Crippen LogP contribution in [0.15, 0.2) is 0 Å². The minimum absolute atomic E-state index is 0.0236. The van der Waals surface area contributed by atoms with Gasteiger partial charge in [0.2, 0.25) is 0 Å². The standard InChI is InChI=1S/C18H30O7/c1-13(20)23-11-18(12-24-17-5-3-4-10-22-17)8-6-16(25-14(2)21)15(18)7-9-19/h15-17,19H,3-12H2,1-2H3. The number of carbonyl (C=O) groups excluding carboxylic acids is 2. The van der Waals surface area contributed by atoms with Gasteiger partial charge in [0.25, 0.3) is 0 Å². The number of hydrogen-bond acceptors (Lipinski definition) is 7. The molecule has 4 unspecified atom stereocenters. The summed E-state index contributed by atoms with van der Waals surface area (Å²) in [5.41, 5.74) is -0.477. The van der Waals surface area contributed by atoms with Crippen molar-refractivity contribution in [1.82, 2.24) is 0 Å². The lowest BCUT2D eigenvalue weighted by atomic mass is 9.76. The van der Waals surface area contributed by atoms with Gasteiger partial charge in [0.15, 0.2) is 6.29 Å². The second-order valence-corrected chi connectivity index (χ2v) is 7.06. The van der Waals surface area contributed by atoms with Gasteiger partial charge in [-0.3, -0.25) is 9.59 Å². The lowest BCUT2D eigenvalue weighted by Crippen LogP contribution is -2.42. The summed E-state index contributed by atoms with van der Waals surface area (Å²) < 4.78 is 22.4. The summed E-state index contributed by atoms with van der Waals surface area (Å²) in [6.07, 6.45) is 4.26. The molecule has 0 aromatic heterocycles. The number of hydrogen-bond donors (Lipinski definition) is 1. The van der Waals surface area contributed by atoms with Crippen LogP contribution in [0.5, 0.6) is 0 Å². The summed E-state index contributed by atoms with van der Waals surface area (Å²) in [6, 6.07) is 0. The molecule has 1 saturated heterocycles. The first-order chi connectivity index (χ1) is 12.0. The predicted octanol–water partition coefficient (Wildman–Crippen LogP) is 1.80. The monoisotopic (exact) mass is 358 g/mol. The average molecular weight is 358 g/mol. The van der Waals surface area contributed by atoms with E-state index in [9.17, 15) is 14.7 Å². The van der Waals surface area contributed by atoms with Gasteiger partial charge in [-0.25, -0.2) is 0 Å². The Balaban J connectivity index is 2.10. The topological polar surface area (TPSA) is 91.3 Å². The maximum atomic E-state index is 11.4. The van der Waals surface area contributed by atoms with Crippen LogP contribution in [0, 0.1) is 11.3 Å². The van der Waals surface area contributed by atoms with E-state index in [0.29, 0.717) is 32.5 Å². The first-order valence-corrected chi connectivity index (χ1v) is 9.11. The normalized spacial score (nSPS) is 32.4. The lowest BCUT2D eigenvalue weighted by molar-refractivity contribution is -0.193. The molecule has 1 heterocycles. The molecular weight excluding hydrogens is 328 g/mol. The molecule has 1 aliphatic heterocycles. The molecule has 4 atom stereocenters. The van der Waals surface area contributed by atoms with E-state index in [2.05, 4.69) is 0 Å². The fraction of sp³-hybridized carbons (Fsp3) is 0.889. The van der Waals surface area contributed by atoms with Crippen LogP contribution in [-0.2, 0) is 28.5 Å². The SMILES string of the molecule is CC(=O)OCC1(COC2CCCCO2)CCC(OC(C)=O)C1CCO. The van der Waals surface area contributed by atoms with E-state index in [1.54, 1.807) is 0 Å². The van der Waals surface area contributed by atoms with Crippen molar-refractivity contribution in [1.29, 1.82) is 0 Å². The highest BCUT2D eigenvalue weighted by atomic mass is 16.7. The number of aliphatic hydroxyl groups is 1. The second-order valence-electron chi connectivity index (χ2n) is 7.06. The van der Waals surface area contributed by atoms with Crippen molar-refractivity contribution in [2.24, 2.45) is 11.3 Å². The van der Waals surface area contributed by atoms with Gasteiger partial charge in [-0.2, -0.15) is 0 Å². The molecule has 1 N–H and O–H groups in total. The van der Waals surface area contributed by atoms with Crippen molar-refractivity contribution >= 4 is 11.9 Å². The molecule has 7 nitrogen and oxygen atoms in total. The fourth-order valence-electron chi connectivity index (χ4n) is 3.94. The Morgan fingerprint density at radius 1 is 1.16 bits per heavy atom. The molecule has 0 radical (unpaired) electrons. The Morgan fingerprint density at radius 2 is 1.96 bits per heavy atom. The van der Waals surface area contributed by atoms with Gasteiger partial charge in [0.1, 0.15) is 6.10 Å². The van der Waals surface area contributed by atoms with Gasteiger partial charge in [-0.15, -0.1) is 0 Å². The molecule has 0 aromatic rings. The van der Waals surface area contributed by atoms with Gasteiger partial charge in [0.05, 0.1) is 13.2 Å². The maximum Gasteiger partial charge on any atom is 0.302 e. The van der Waals surface area contributed by atoms with Crippen molar-refractivity contribution in [2.45, 2.75) is 64.8 Å². The summed E-state index contributed by atoms with van der Waals surface area (Å²) in [4.78, 5) is 22.8. The Hall–Kier alpha value is -1.18. The number of aliphatic hydroxyl groups excluding tert-OH is 1. The molecule has 7 heteroatoms. The highest BCUT2D eigenvalue weighted by Gasteiger charge is 2.51. The summed E-state index contributed by atoms with van der Waals surface area (Å²) in [5.74, 6) is -0.816. The summed E-state index contributed by atoms with van der Waals surface area (Å²) in [5, 5.41) is 9.49. The zero-order chi connectivity index (χ0) is 18.3. The number of carbonyl (C=O) groups is 2. The van der Waals surface area contributed by atoms with E-state index in [1.807, 2.05) is 0 Å². The number of rotatable bonds is 8. The van der Waals surface area contributed by atoms with Crippen molar-refractivity contribution < 1.29 is 33.6 Å². The quantitative estimate of drug-likeness (QED) is 0.662. The van der Waals surface area contributed by atoms with E-state index < -0.39 is 5.41 Å². The van der Waals surface area contributed by atoms with Crippen molar-refractivity contribution in [2.75, 3.05) is 26.4 Å². The van der Waals surface area contributed by atoms with Crippen molar-refractivity contribution in [3.8, 4) is 0 Å². The molecule has 2 rings (SSSR count). The molecule has 2 aliphatic rings. The van der Waals surface area contributed by atoms with Crippen LogP contribution >= 0.6 is 0 Å². The van der Waals surface area contributed by atoms with E-state index in [1.165, 1.54) is 13.8 Å². The maximum absolute atomic E-state index is 11.4. The average Bonchev–Trinajstić information content (AvgIpc) is 2.90. The summed E-state index contributed by atoms with van der Waals surface area (Å²) in [7, 11) is 0. The Kier molecular flexibility index (Phi) is 7.65. The van der Waals surface area contributed by atoms with Gasteiger partial charge in [0, 0.05) is 38.4 Å². The first-order valence-electron chi connectivity index (χ1n) is 9.11. The number of ether oxygens (including phenoxy) is 4. The van der Waals surface area contributed by atoms with E-state index in [-0.39, 0.29) is 43.5 Å². The van der Waals surface area contributed by atoms with Crippen LogP contribution in [0.1, 0.15) is 52.4 Å². The lowest BCUT2D eigenvalue weighted by Gasteiger charge is -2.37. The molecule has 2 fully saturated rings. The molecule has 0 bridgehead atoms. The molecule has 0 spiro atoms. The van der Waals surface area contributed by atoms with Crippen molar-refractivity contribution in [3.05, 3.63) is 0 Å². The van der Waals surface area contributed by atoms with Crippen LogP contribution in [0.2, 0.25) is 0 Å². The minimum atomic E-state index is -0.477. The summed E-state index contributed by atoms with van der Waals surface area (Å²) >= 11 is 0. The minimum Gasteiger partial charge on any atom is -0.465 e. The molecule has 144 valence electrons. The van der Waals surface area contributed by atoms with E-state index in [0.717, 1.165) is 19.3 Å². The molecule has 1 saturated carbocycles. The smallest absolute Gasteiger partial charge is 0.302 e. The predicted molar refractivity (Wildman–Crippen MR) is 88.6 cm³/mol. The zero-order valence-corrected chi connectivity index (χ0v) is 15.2. The van der Waals surface area contributed by atoms with Crippen LogP contribution in [0.4, 0.5) is 0 Å². The highest BCUT2D eigenvalue weighted by molar-refractivity contribution is 5.66. The van der Waals surface area contributed by atoms with Gasteiger partial charge < -0.3 is 24.1 Å². The van der Waals surface area contributed by atoms with Crippen LogP contribution in [0.3, 0.4) is 0 Å². The fourth-order valence-corrected chi connectivity index (χ4v) is 3.94. The largest absolute Gasteiger partial charge is 0.465 e. The first kappa shape index (κ1) is 20.1. The van der Waals surface area contributed by atoms with Crippen LogP contribution in [0.25, 0.3) is 0 Å². The molecule has 0 amide bonds. The van der Waals surface area contributed by atoms with Gasteiger partial charge in [-0.05, 0) is 38.5 Å². The Bertz CT molecular complexity index is 447. The molecule has 1 aliphatic carbocycles. The highest BCUT2D eigenvalue weighted by Crippen LogP contribution is 2.47. The van der Waals surface area contributed by atoms with Gasteiger partial charge >= 0.3 is 11.9 Å². The van der Waals surface area contributed by atoms with Crippen molar-refractivity contribution in [3.63, 3.8) is 0 Å². The number of esters is 2. The molecular formula is C18H30O7. The third kappa shape index (κ3) is 5.66. The second kappa shape index (κ2) is 9.50. The third-order valence-corrected chi connectivity index (χ3v) is 5.18.